The summed E-state index contributed by atoms with van der Waals surface area (Å²) in [6.45, 7) is 42.4. The van der Waals surface area contributed by atoms with Gasteiger partial charge in [-0.2, -0.15) is 0 Å². The number of nitrogens with zero attached hydrogens (tertiary/aromatic N) is 3. The Kier molecular flexibility index (Phi) is 12.5. The van der Waals surface area contributed by atoms with Gasteiger partial charge < -0.3 is 17.8 Å². The van der Waals surface area contributed by atoms with Gasteiger partial charge in [-0.3, -0.25) is 0 Å². The molecule has 96 heavy (non-hydrogen) atoms. The van der Waals surface area contributed by atoms with Crippen molar-refractivity contribution < 1.29 is 4.42 Å². The van der Waals surface area contributed by atoms with Crippen LogP contribution in [0.2, 0.25) is 0 Å². The summed E-state index contributed by atoms with van der Waals surface area (Å²) in [5.41, 5.74) is 29.8. The van der Waals surface area contributed by atoms with Crippen molar-refractivity contribution >= 4 is 109 Å². The fraction of sp³-hybridized carbons (Fsp3) is 0.261. The number of aromatic nitrogens is 3. The van der Waals surface area contributed by atoms with E-state index < -0.39 is 0 Å². The Labute approximate surface area is 564 Å². The van der Waals surface area contributed by atoms with Crippen LogP contribution in [0.3, 0.4) is 0 Å². The van der Waals surface area contributed by atoms with Crippen LogP contribution >= 0.6 is 0 Å². The first kappa shape index (κ1) is 60.1. The molecule has 0 spiro atoms. The fourth-order valence-corrected chi connectivity index (χ4v) is 15.9. The molecule has 0 atom stereocenters. The molecule has 0 N–H and O–H groups in total. The average molecular weight is 1250 g/mol. The monoisotopic (exact) mass is 1250 g/mol. The van der Waals surface area contributed by atoms with Crippen LogP contribution in [0.1, 0.15) is 158 Å². The number of para-hydroxylation sites is 3. The van der Waals surface area contributed by atoms with E-state index in [1.54, 1.807) is 0 Å². The molecule has 17 rings (SSSR count). The van der Waals surface area contributed by atoms with E-state index in [-0.39, 0.29) is 32.5 Å². The lowest BCUT2D eigenvalue weighted by molar-refractivity contribution is 0.568. The van der Waals surface area contributed by atoms with Crippen LogP contribution in [0.4, 0.5) is 0 Å². The number of fused-ring (bicyclic) bond motifs is 18. The Balaban J connectivity index is 1.07. The largest absolute Gasteiger partial charge is 0.454 e. The molecule has 6 aromatic heterocycles. The Morgan fingerprint density at radius 2 is 0.615 bits per heavy atom. The number of rotatable bonds is 5. The van der Waals surface area contributed by atoms with Crippen LogP contribution in [0.5, 0.6) is 0 Å². The van der Waals surface area contributed by atoms with Gasteiger partial charge in [0, 0.05) is 65.1 Å². The van der Waals surface area contributed by atoms with E-state index in [9.17, 15) is 0 Å². The van der Waals surface area contributed by atoms with Crippen molar-refractivity contribution in [2.75, 3.05) is 0 Å². The van der Waals surface area contributed by atoms with E-state index in [2.05, 4.69) is 338 Å². The van der Waals surface area contributed by atoms with Gasteiger partial charge in [-0.25, -0.2) is 0 Å². The topological polar surface area (TPSA) is 26.9 Å². The first-order valence-corrected chi connectivity index (χ1v) is 34.8. The second-order valence-corrected chi connectivity index (χ2v) is 34.4. The van der Waals surface area contributed by atoms with Gasteiger partial charge in [-0.15, -0.1) is 0 Å². The van der Waals surface area contributed by atoms with Gasteiger partial charge in [0.1, 0.15) is 11.1 Å². The van der Waals surface area contributed by atoms with Gasteiger partial charge in [-0.1, -0.05) is 234 Å². The zero-order chi connectivity index (χ0) is 67.0. The van der Waals surface area contributed by atoms with Crippen LogP contribution < -0.4 is 0 Å². The minimum Gasteiger partial charge on any atom is -0.454 e. The number of benzene rings is 11. The van der Waals surface area contributed by atoms with E-state index in [0.29, 0.717) is 0 Å². The van der Waals surface area contributed by atoms with Gasteiger partial charge in [0.15, 0.2) is 5.58 Å². The lowest BCUT2D eigenvalue weighted by Crippen LogP contribution is -2.16. The maximum Gasteiger partial charge on any atom is 0.161 e. The maximum absolute atomic E-state index is 7.09. The summed E-state index contributed by atoms with van der Waals surface area (Å²) in [5, 5.41) is 12.2. The van der Waals surface area contributed by atoms with Crippen LogP contribution in [0.15, 0.2) is 205 Å². The van der Waals surface area contributed by atoms with Crippen LogP contribution in [0.25, 0.3) is 159 Å². The molecule has 0 bridgehead atoms. The highest BCUT2D eigenvalue weighted by molar-refractivity contribution is 6.37. The summed E-state index contributed by atoms with van der Waals surface area (Å²) in [7, 11) is 0. The first-order valence-electron chi connectivity index (χ1n) is 34.8. The van der Waals surface area contributed by atoms with Gasteiger partial charge in [0.25, 0.3) is 0 Å². The summed E-state index contributed by atoms with van der Waals surface area (Å²) in [4.78, 5) is 0. The standard InChI is InChI=1S/C92H87N3O/c1-87(2,3)59-36-53(37-60(49-59)88(4,5)6)56-43-68(52-32-33-76-69(42-52)66-28-22-24-30-75(66)93(76)65-26-20-19-21-27-65)82-70(44-56)71-45-57(54-38-61(89(7,8)9)50-62(39-54)90(10,11)12)46-72-80-77(94(82)83(71)72)34-35-78-81(80)73-47-58(55-40-63(91(13,14)15)51-64(41-55)92(16,17)18)48-74-84(73)95(78)85-67-29-23-25-31-79(67)96-86(74)85/h19-51H,1-18H3. The second kappa shape index (κ2) is 20.0. The molecule has 17 aromatic rings. The minimum atomic E-state index is -0.0847. The fourth-order valence-electron chi connectivity index (χ4n) is 15.9. The van der Waals surface area contributed by atoms with Gasteiger partial charge in [-0.05, 0) is 196 Å². The molecule has 0 saturated carbocycles. The summed E-state index contributed by atoms with van der Waals surface area (Å²) in [6, 6.07) is 78.1. The van der Waals surface area contributed by atoms with Gasteiger partial charge in [0.05, 0.1) is 38.6 Å². The number of furan rings is 1. The van der Waals surface area contributed by atoms with E-state index >= 15 is 0 Å². The lowest BCUT2D eigenvalue weighted by atomic mass is 9.78. The lowest BCUT2D eigenvalue weighted by Gasteiger charge is -2.26. The molecule has 0 unspecified atom stereocenters. The van der Waals surface area contributed by atoms with Crippen LogP contribution in [-0.2, 0) is 32.5 Å². The maximum atomic E-state index is 7.09. The summed E-state index contributed by atoms with van der Waals surface area (Å²) in [6.07, 6.45) is 0. The summed E-state index contributed by atoms with van der Waals surface area (Å²) >= 11 is 0. The summed E-state index contributed by atoms with van der Waals surface area (Å²) < 4.78 is 14.8. The highest BCUT2D eigenvalue weighted by Crippen LogP contribution is 2.53. The molecular formula is C92H87N3O. The third-order valence-electron chi connectivity index (χ3n) is 21.5. The van der Waals surface area contributed by atoms with E-state index in [1.807, 2.05) is 0 Å². The van der Waals surface area contributed by atoms with E-state index in [4.69, 9.17) is 4.42 Å². The Bertz CT molecular complexity index is 6010. The SMILES string of the molecule is CC(C)(C)c1cc(-c2cc(-c3ccc4c(c3)c3ccccc3n4-c3ccccc3)c3c(c2)c2cc(-c4cc(C(C)(C)C)cc(C(C)(C)C)c4)cc4c5c6c7cc(-c8cc(C(C)(C)C)cc(C(C)(C)C)c8)cc8c9oc%10ccccc%10c9n(c6ccc5n3c24)c87)cc(C(C)(C)C)c1. The number of hydrogen-bond acceptors (Lipinski definition) is 1. The predicted molar refractivity (Wildman–Crippen MR) is 414 cm³/mol. The van der Waals surface area contributed by atoms with Crippen molar-refractivity contribution in [3.63, 3.8) is 0 Å². The Morgan fingerprint density at radius 3 is 1.11 bits per heavy atom. The molecule has 4 heteroatoms. The molecule has 0 aliphatic carbocycles. The highest BCUT2D eigenvalue weighted by atomic mass is 16.3. The van der Waals surface area contributed by atoms with Crippen molar-refractivity contribution in [3.8, 4) is 50.2 Å². The second-order valence-electron chi connectivity index (χ2n) is 34.4. The third kappa shape index (κ3) is 9.06. The minimum absolute atomic E-state index is 0.0649. The normalized spacial score (nSPS) is 13.5. The quantitative estimate of drug-likeness (QED) is 0.169. The average Bonchev–Trinajstić information content (AvgIpc) is 1.50. The molecule has 0 fully saturated rings. The molecule has 0 saturated heterocycles. The van der Waals surface area contributed by atoms with Crippen molar-refractivity contribution in [2.45, 2.75) is 157 Å². The van der Waals surface area contributed by atoms with Crippen molar-refractivity contribution in [1.29, 1.82) is 0 Å². The zero-order valence-corrected chi connectivity index (χ0v) is 59.3. The molecule has 0 aliphatic heterocycles. The van der Waals surface area contributed by atoms with Crippen LogP contribution in [0, 0.1) is 0 Å². The molecule has 4 nitrogen and oxygen atoms in total. The van der Waals surface area contributed by atoms with Gasteiger partial charge in [0.2, 0.25) is 0 Å². The number of hydrogen-bond donors (Lipinski definition) is 0. The molecule has 0 radical (unpaired) electrons. The van der Waals surface area contributed by atoms with Crippen molar-refractivity contribution in [3.05, 3.63) is 234 Å². The highest BCUT2D eigenvalue weighted by Gasteiger charge is 2.32. The van der Waals surface area contributed by atoms with Crippen LogP contribution in [-0.4, -0.2) is 13.4 Å². The third-order valence-corrected chi connectivity index (χ3v) is 21.5. The van der Waals surface area contributed by atoms with E-state index in [1.165, 1.54) is 160 Å². The zero-order valence-electron chi connectivity index (χ0n) is 59.3. The molecule has 11 aromatic carbocycles. The van der Waals surface area contributed by atoms with Crippen molar-refractivity contribution in [2.24, 2.45) is 0 Å². The van der Waals surface area contributed by atoms with Crippen molar-refractivity contribution in [1.82, 2.24) is 13.4 Å². The molecular weight excluding hydrogens is 1160 g/mol. The summed E-state index contributed by atoms with van der Waals surface area (Å²) in [5.74, 6) is 0. The smallest absolute Gasteiger partial charge is 0.161 e. The molecule has 0 amide bonds. The van der Waals surface area contributed by atoms with E-state index in [0.717, 1.165) is 33.1 Å². The van der Waals surface area contributed by atoms with Gasteiger partial charge >= 0.3 is 0 Å². The Morgan fingerprint density at radius 1 is 0.250 bits per heavy atom. The molecule has 476 valence electrons. The Hall–Kier alpha value is -9.64. The molecule has 6 heterocycles. The molecule has 0 aliphatic rings. The first-order chi connectivity index (χ1) is 45.4. The predicted octanol–water partition coefficient (Wildman–Crippen LogP) is 26.3.